The van der Waals surface area contributed by atoms with Gasteiger partial charge in [0.15, 0.2) is 0 Å². The first-order chi connectivity index (χ1) is 9.60. The molecule has 20 heavy (non-hydrogen) atoms. The van der Waals surface area contributed by atoms with Crippen LogP contribution in [0.5, 0.6) is 0 Å². The molecular formula is C14H20O6. The summed E-state index contributed by atoms with van der Waals surface area (Å²) >= 11 is 0. The molecule has 0 fully saturated rings. The molecule has 112 valence electrons. The Kier molecular flexibility index (Phi) is 9.90. The van der Waals surface area contributed by atoms with Crippen LogP contribution >= 0.6 is 0 Å². The number of carbonyl (C=O) groups excluding carboxylic acids is 2. The number of methoxy groups -OCH3 is 2. The molecule has 2 N–H and O–H groups in total. The van der Waals surface area contributed by atoms with Gasteiger partial charge in [0, 0.05) is 13.2 Å². The molecular weight excluding hydrogens is 264 g/mol. The second kappa shape index (κ2) is 11.0. The van der Waals surface area contributed by atoms with Crippen molar-refractivity contribution in [3.05, 3.63) is 35.4 Å². The highest BCUT2D eigenvalue weighted by atomic mass is 16.5. The Balaban J connectivity index is 0.000000511. The molecule has 1 aromatic carbocycles. The molecule has 0 amide bonds. The Hall–Kier alpha value is -1.92. The number of benzene rings is 1. The predicted molar refractivity (Wildman–Crippen MR) is 72.5 cm³/mol. The van der Waals surface area contributed by atoms with Gasteiger partial charge in [-0.3, -0.25) is 0 Å². The highest BCUT2D eigenvalue weighted by Crippen LogP contribution is 2.07. The number of carbonyl (C=O) groups is 2. The van der Waals surface area contributed by atoms with Crippen LogP contribution in [0, 0.1) is 0 Å². The lowest BCUT2D eigenvalue weighted by Gasteiger charge is -2.01. The molecule has 0 aromatic heterocycles. The number of aliphatic hydroxyl groups excluding tert-OH is 2. The highest BCUT2D eigenvalue weighted by Gasteiger charge is 2.09. The monoisotopic (exact) mass is 284 g/mol. The molecule has 1 rings (SSSR count). The molecule has 6 heteroatoms. The Morgan fingerprint density at radius 2 is 1.35 bits per heavy atom. The quantitative estimate of drug-likeness (QED) is 0.619. The van der Waals surface area contributed by atoms with Crippen LogP contribution in [0.15, 0.2) is 24.3 Å². The van der Waals surface area contributed by atoms with Crippen LogP contribution < -0.4 is 0 Å². The van der Waals surface area contributed by atoms with Crippen molar-refractivity contribution in [1.29, 1.82) is 0 Å². The van der Waals surface area contributed by atoms with E-state index in [9.17, 15) is 9.59 Å². The van der Waals surface area contributed by atoms with Crippen LogP contribution in [0.3, 0.4) is 0 Å². The molecule has 0 bridgehead atoms. The first-order valence-corrected chi connectivity index (χ1v) is 6.09. The Bertz CT molecular complexity index is 381. The topological polar surface area (TPSA) is 93.1 Å². The summed E-state index contributed by atoms with van der Waals surface area (Å²) in [6, 6.07) is 6.16. The number of esters is 2. The number of ether oxygens (including phenoxy) is 2. The third-order valence-corrected chi connectivity index (χ3v) is 2.27. The summed E-state index contributed by atoms with van der Waals surface area (Å²) in [6.45, 7) is 0.390. The van der Waals surface area contributed by atoms with E-state index in [1.54, 1.807) is 18.2 Å². The van der Waals surface area contributed by atoms with Crippen molar-refractivity contribution in [3.8, 4) is 0 Å². The minimum atomic E-state index is -0.476. The van der Waals surface area contributed by atoms with Gasteiger partial charge in [0.05, 0.1) is 25.3 Å². The van der Waals surface area contributed by atoms with Crippen LogP contribution in [-0.4, -0.2) is 49.6 Å². The fourth-order valence-corrected chi connectivity index (χ4v) is 1.23. The van der Waals surface area contributed by atoms with Crippen LogP contribution in [0.4, 0.5) is 0 Å². The minimum absolute atomic E-state index is 0.195. The lowest BCUT2D eigenvalue weighted by Crippen LogP contribution is -2.05. The van der Waals surface area contributed by atoms with Gasteiger partial charge in [0.1, 0.15) is 0 Å². The SMILES string of the molecule is COC(=O)c1cccc(C(=O)OC)c1.OCCCCO. The summed E-state index contributed by atoms with van der Waals surface area (Å²) in [4.78, 5) is 22.2. The Labute approximate surface area is 117 Å². The van der Waals surface area contributed by atoms with Crippen molar-refractivity contribution >= 4 is 11.9 Å². The van der Waals surface area contributed by atoms with E-state index in [1.807, 2.05) is 0 Å². The smallest absolute Gasteiger partial charge is 0.337 e. The van der Waals surface area contributed by atoms with Crippen LogP contribution in [0.1, 0.15) is 33.6 Å². The van der Waals surface area contributed by atoms with Crippen molar-refractivity contribution in [3.63, 3.8) is 0 Å². The third-order valence-electron chi connectivity index (χ3n) is 2.27. The van der Waals surface area contributed by atoms with Crippen LogP contribution in [0.2, 0.25) is 0 Å². The first kappa shape index (κ1) is 18.1. The number of unbranched alkanes of at least 4 members (excludes halogenated alkanes) is 1. The molecule has 0 aliphatic carbocycles. The number of hydrogen-bond donors (Lipinski definition) is 2. The van der Waals surface area contributed by atoms with E-state index in [4.69, 9.17) is 10.2 Å². The maximum absolute atomic E-state index is 11.1. The van der Waals surface area contributed by atoms with E-state index in [0.717, 1.165) is 12.8 Å². The zero-order valence-electron chi connectivity index (χ0n) is 11.7. The molecule has 0 radical (unpaired) electrons. The zero-order valence-corrected chi connectivity index (χ0v) is 11.7. The lowest BCUT2D eigenvalue weighted by atomic mass is 10.1. The van der Waals surface area contributed by atoms with E-state index < -0.39 is 11.9 Å². The maximum atomic E-state index is 11.1. The van der Waals surface area contributed by atoms with E-state index in [0.29, 0.717) is 11.1 Å². The maximum Gasteiger partial charge on any atom is 0.337 e. The van der Waals surface area contributed by atoms with Gasteiger partial charge < -0.3 is 19.7 Å². The molecule has 0 aliphatic rings. The van der Waals surface area contributed by atoms with Gasteiger partial charge in [-0.05, 0) is 31.0 Å². The van der Waals surface area contributed by atoms with Gasteiger partial charge in [0.2, 0.25) is 0 Å². The van der Waals surface area contributed by atoms with Crippen LogP contribution in [0.25, 0.3) is 0 Å². The van der Waals surface area contributed by atoms with E-state index in [-0.39, 0.29) is 13.2 Å². The van der Waals surface area contributed by atoms with Crippen LogP contribution in [-0.2, 0) is 9.47 Å². The van der Waals surface area contributed by atoms with Gasteiger partial charge in [-0.15, -0.1) is 0 Å². The molecule has 0 aliphatic heterocycles. The fraction of sp³-hybridized carbons (Fsp3) is 0.429. The van der Waals surface area contributed by atoms with E-state index >= 15 is 0 Å². The second-order valence-electron chi connectivity index (χ2n) is 3.72. The molecule has 0 spiro atoms. The molecule has 0 saturated carbocycles. The molecule has 0 unspecified atom stereocenters. The van der Waals surface area contributed by atoms with Crippen molar-refractivity contribution in [2.75, 3.05) is 27.4 Å². The van der Waals surface area contributed by atoms with Crippen molar-refractivity contribution < 1.29 is 29.3 Å². The van der Waals surface area contributed by atoms with Crippen molar-refractivity contribution in [1.82, 2.24) is 0 Å². The van der Waals surface area contributed by atoms with Gasteiger partial charge in [-0.2, -0.15) is 0 Å². The molecule has 1 aromatic rings. The van der Waals surface area contributed by atoms with Gasteiger partial charge in [0.25, 0.3) is 0 Å². The molecule has 0 atom stereocenters. The summed E-state index contributed by atoms with van der Waals surface area (Å²) in [7, 11) is 2.57. The van der Waals surface area contributed by atoms with E-state index in [2.05, 4.69) is 9.47 Å². The second-order valence-corrected chi connectivity index (χ2v) is 3.72. The predicted octanol–water partition coefficient (Wildman–Crippen LogP) is 1.01. The summed E-state index contributed by atoms with van der Waals surface area (Å²) in [5.41, 5.74) is 0.658. The van der Waals surface area contributed by atoms with Gasteiger partial charge in [-0.25, -0.2) is 9.59 Å². The van der Waals surface area contributed by atoms with Gasteiger partial charge in [-0.1, -0.05) is 6.07 Å². The standard InChI is InChI=1S/C10H10O4.C4H10O2/c1-13-9(11)7-4-3-5-8(6-7)10(12)14-2;5-3-1-2-4-6/h3-6H,1-2H3;5-6H,1-4H2. The third kappa shape index (κ3) is 6.86. The largest absolute Gasteiger partial charge is 0.465 e. The summed E-state index contributed by atoms with van der Waals surface area (Å²) in [5, 5.41) is 16.2. The van der Waals surface area contributed by atoms with Crippen molar-refractivity contribution in [2.45, 2.75) is 12.8 Å². The van der Waals surface area contributed by atoms with Gasteiger partial charge >= 0.3 is 11.9 Å². The van der Waals surface area contributed by atoms with Crippen molar-refractivity contribution in [2.24, 2.45) is 0 Å². The van der Waals surface area contributed by atoms with E-state index in [1.165, 1.54) is 20.3 Å². The molecule has 0 heterocycles. The summed E-state index contributed by atoms with van der Waals surface area (Å²) in [6.07, 6.45) is 1.44. The number of rotatable bonds is 5. The number of hydrogen-bond acceptors (Lipinski definition) is 6. The average Bonchev–Trinajstić information content (AvgIpc) is 2.52. The number of aliphatic hydroxyl groups is 2. The summed E-state index contributed by atoms with van der Waals surface area (Å²) < 4.78 is 9.03. The lowest BCUT2D eigenvalue weighted by molar-refractivity contribution is 0.0599. The molecule has 0 saturated heterocycles. The minimum Gasteiger partial charge on any atom is -0.465 e. The Morgan fingerprint density at radius 3 is 1.65 bits per heavy atom. The Morgan fingerprint density at radius 1 is 0.950 bits per heavy atom. The fourth-order valence-electron chi connectivity index (χ4n) is 1.23. The first-order valence-electron chi connectivity index (χ1n) is 6.09. The summed E-state index contributed by atoms with van der Waals surface area (Å²) in [5.74, 6) is -0.952. The zero-order chi connectivity index (χ0) is 15.4. The normalized spacial score (nSPS) is 9.20. The average molecular weight is 284 g/mol. The highest BCUT2D eigenvalue weighted by molar-refractivity contribution is 5.95. The molecule has 6 nitrogen and oxygen atoms in total.